The minimum atomic E-state index is 0.443. The van der Waals surface area contributed by atoms with Gasteiger partial charge in [-0.1, -0.05) is 28.4 Å². The van der Waals surface area contributed by atoms with Gasteiger partial charge in [-0.15, -0.1) is 0 Å². The molecule has 100 valence electrons. The van der Waals surface area contributed by atoms with Crippen LogP contribution < -0.4 is 10.6 Å². The minimum Gasteiger partial charge on any atom is -0.314 e. The molecule has 0 aliphatic carbocycles. The van der Waals surface area contributed by atoms with Crippen LogP contribution in [-0.2, 0) is 0 Å². The molecule has 1 aromatic rings. The normalized spacial score (nSPS) is 21.8. The number of halogens is 1. The molecule has 0 spiro atoms. The Labute approximate surface area is 119 Å². The summed E-state index contributed by atoms with van der Waals surface area (Å²) in [7, 11) is 2.06. The molecule has 0 radical (unpaired) electrons. The van der Waals surface area contributed by atoms with E-state index in [2.05, 4.69) is 58.7 Å². The fraction of sp³-hybridized carbons (Fsp3) is 0.600. The highest BCUT2D eigenvalue weighted by molar-refractivity contribution is 9.10. The van der Waals surface area contributed by atoms with E-state index >= 15 is 0 Å². The molecular formula is C15H23BrN2. The predicted octanol–water partition coefficient (Wildman–Crippen LogP) is 3.55. The van der Waals surface area contributed by atoms with Crippen LogP contribution in [0, 0.1) is 6.92 Å². The van der Waals surface area contributed by atoms with Crippen LogP contribution in [0.25, 0.3) is 0 Å². The fourth-order valence-electron chi connectivity index (χ4n) is 2.80. The zero-order chi connectivity index (χ0) is 13.0. The number of nitrogens with one attached hydrogen (secondary N) is 2. The molecular weight excluding hydrogens is 288 g/mol. The van der Waals surface area contributed by atoms with Crippen LogP contribution in [0.4, 0.5) is 0 Å². The van der Waals surface area contributed by atoms with E-state index in [9.17, 15) is 0 Å². The molecule has 1 aliphatic rings. The van der Waals surface area contributed by atoms with Gasteiger partial charge in [-0.05, 0) is 63.0 Å². The van der Waals surface area contributed by atoms with Gasteiger partial charge in [0.25, 0.3) is 0 Å². The number of rotatable bonds is 4. The van der Waals surface area contributed by atoms with Gasteiger partial charge < -0.3 is 10.6 Å². The summed E-state index contributed by atoms with van der Waals surface area (Å²) in [5.41, 5.74) is 2.78. The maximum Gasteiger partial charge on any atom is 0.0335 e. The zero-order valence-corrected chi connectivity index (χ0v) is 12.9. The first-order valence-electron chi connectivity index (χ1n) is 6.87. The van der Waals surface area contributed by atoms with Gasteiger partial charge in [0.1, 0.15) is 0 Å². The molecule has 2 atom stereocenters. The van der Waals surface area contributed by atoms with Crippen molar-refractivity contribution < 1.29 is 0 Å². The molecule has 1 fully saturated rings. The van der Waals surface area contributed by atoms with Crippen molar-refractivity contribution in [2.45, 2.75) is 44.7 Å². The highest BCUT2D eigenvalue weighted by Crippen LogP contribution is 2.27. The number of aryl methyl sites for hydroxylation is 1. The molecule has 2 N–H and O–H groups in total. The van der Waals surface area contributed by atoms with E-state index < -0.39 is 0 Å². The van der Waals surface area contributed by atoms with E-state index in [1.165, 1.54) is 47.8 Å². The number of hydrogen-bond acceptors (Lipinski definition) is 2. The molecule has 0 saturated carbocycles. The van der Waals surface area contributed by atoms with Crippen LogP contribution in [0.2, 0.25) is 0 Å². The Bertz CT molecular complexity index is 386. The first-order valence-corrected chi connectivity index (χ1v) is 7.66. The van der Waals surface area contributed by atoms with Gasteiger partial charge in [-0.2, -0.15) is 0 Å². The number of benzene rings is 1. The first-order chi connectivity index (χ1) is 8.70. The summed E-state index contributed by atoms with van der Waals surface area (Å²) in [5, 5.41) is 7.11. The van der Waals surface area contributed by atoms with Crippen molar-refractivity contribution in [3.8, 4) is 0 Å². The average molecular weight is 311 g/mol. The first kappa shape index (κ1) is 14.0. The van der Waals surface area contributed by atoms with Gasteiger partial charge in [0, 0.05) is 16.6 Å². The van der Waals surface area contributed by atoms with Gasteiger partial charge in [-0.3, -0.25) is 0 Å². The van der Waals surface area contributed by atoms with Gasteiger partial charge in [-0.25, -0.2) is 0 Å². The topological polar surface area (TPSA) is 24.1 Å². The Morgan fingerprint density at radius 2 is 2.28 bits per heavy atom. The van der Waals surface area contributed by atoms with E-state index in [0.29, 0.717) is 12.1 Å². The summed E-state index contributed by atoms with van der Waals surface area (Å²) >= 11 is 3.58. The highest BCUT2D eigenvalue weighted by atomic mass is 79.9. The van der Waals surface area contributed by atoms with Crippen LogP contribution in [0.15, 0.2) is 22.7 Å². The third kappa shape index (κ3) is 3.56. The van der Waals surface area contributed by atoms with E-state index in [4.69, 9.17) is 0 Å². The maximum absolute atomic E-state index is 3.64. The molecule has 2 rings (SSSR count). The molecule has 0 bridgehead atoms. The van der Waals surface area contributed by atoms with Crippen LogP contribution in [0.3, 0.4) is 0 Å². The Morgan fingerprint density at radius 3 is 2.94 bits per heavy atom. The SMILES string of the molecule is CNC(CC1CCCCN1)c1cc(Br)ccc1C. The van der Waals surface area contributed by atoms with Crippen molar-refractivity contribution in [2.75, 3.05) is 13.6 Å². The highest BCUT2D eigenvalue weighted by Gasteiger charge is 2.19. The van der Waals surface area contributed by atoms with Crippen molar-refractivity contribution in [1.29, 1.82) is 0 Å². The van der Waals surface area contributed by atoms with Crippen molar-refractivity contribution in [3.63, 3.8) is 0 Å². The van der Waals surface area contributed by atoms with Crippen LogP contribution >= 0.6 is 15.9 Å². The van der Waals surface area contributed by atoms with E-state index in [1.807, 2.05) is 0 Å². The second kappa shape index (κ2) is 6.69. The summed E-state index contributed by atoms with van der Waals surface area (Å²) in [6, 6.07) is 7.66. The summed E-state index contributed by atoms with van der Waals surface area (Å²) in [6.07, 6.45) is 5.18. The van der Waals surface area contributed by atoms with E-state index in [-0.39, 0.29) is 0 Å². The molecule has 2 nitrogen and oxygen atoms in total. The Hall–Kier alpha value is -0.380. The molecule has 1 heterocycles. The van der Waals surface area contributed by atoms with E-state index in [1.54, 1.807) is 0 Å². The molecule has 1 aliphatic heterocycles. The molecule has 18 heavy (non-hydrogen) atoms. The van der Waals surface area contributed by atoms with Gasteiger partial charge >= 0.3 is 0 Å². The largest absolute Gasteiger partial charge is 0.314 e. The zero-order valence-electron chi connectivity index (χ0n) is 11.3. The van der Waals surface area contributed by atoms with Crippen LogP contribution in [0.5, 0.6) is 0 Å². The second-order valence-electron chi connectivity index (χ2n) is 5.22. The monoisotopic (exact) mass is 310 g/mol. The smallest absolute Gasteiger partial charge is 0.0335 e. The molecule has 3 heteroatoms. The van der Waals surface area contributed by atoms with Crippen LogP contribution in [0.1, 0.15) is 42.9 Å². The molecule has 2 unspecified atom stereocenters. The summed E-state index contributed by atoms with van der Waals surface area (Å²) in [6.45, 7) is 3.37. The van der Waals surface area contributed by atoms with E-state index in [0.717, 1.165) is 0 Å². The number of piperidine rings is 1. The maximum atomic E-state index is 3.64. The van der Waals surface area contributed by atoms with Crippen molar-refractivity contribution >= 4 is 15.9 Å². The Kier molecular flexibility index (Phi) is 5.22. The lowest BCUT2D eigenvalue weighted by Crippen LogP contribution is -2.37. The predicted molar refractivity (Wildman–Crippen MR) is 80.9 cm³/mol. The molecule has 0 amide bonds. The van der Waals surface area contributed by atoms with Crippen LogP contribution in [-0.4, -0.2) is 19.6 Å². The third-order valence-corrected chi connectivity index (χ3v) is 4.39. The van der Waals surface area contributed by atoms with Gasteiger partial charge in [0.05, 0.1) is 0 Å². The molecule has 1 aromatic carbocycles. The second-order valence-corrected chi connectivity index (χ2v) is 6.14. The Balaban J connectivity index is 2.09. The van der Waals surface area contributed by atoms with Crippen molar-refractivity contribution in [1.82, 2.24) is 10.6 Å². The fourth-order valence-corrected chi connectivity index (χ4v) is 3.18. The quantitative estimate of drug-likeness (QED) is 0.888. The van der Waals surface area contributed by atoms with Crippen molar-refractivity contribution in [3.05, 3.63) is 33.8 Å². The van der Waals surface area contributed by atoms with Gasteiger partial charge in [0.15, 0.2) is 0 Å². The standard InChI is InChI=1S/C15H23BrN2/c1-11-6-7-12(16)9-14(11)15(17-2)10-13-5-3-4-8-18-13/h6-7,9,13,15,17-18H,3-5,8,10H2,1-2H3. The number of hydrogen-bond donors (Lipinski definition) is 2. The lowest BCUT2D eigenvalue weighted by Gasteiger charge is -2.28. The summed E-state index contributed by atoms with van der Waals surface area (Å²) in [5.74, 6) is 0. The minimum absolute atomic E-state index is 0.443. The summed E-state index contributed by atoms with van der Waals surface area (Å²) in [4.78, 5) is 0. The lowest BCUT2D eigenvalue weighted by atomic mass is 9.92. The van der Waals surface area contributed by atoms with Gasteiger partial charge in [0.2, 0.25) is 0 Å². The lowest BCUT2D eigenvalue weighted by molar-refractivity contribution is 0.346. The Morgan fingerprint density at radius 1 is 1.44 bits per heavy atom. The summed E-state index contributed by atoms with van der Waals surface area (Å²) < 4.78 is 1.17. The molecule has 0 aromatic heterocycles. The molecule has 1 saturated heterocycles. The average Bonchev–Trinajstić information content (AvgIpc) is 2.40. The van der Waals surface area contributed by atoms with Crippen molar-refractivity contribution in [2.24, 2.45) is 0 Å². The third-order valence-electron chi connectivity index (χ3n) is 3.90.